The van der Waals surface area contributed by atoms with Gasteiger partial charge < -0.3 is 4.90 Å². The first kappa shape index (κ1) is 15.8. The molecule has 0 aromatic carbocycles. The summed E-state index contributed by atoms with van der Waals surface area (Å²) in [4.78, 5) is 15.0. The summed E-state index contributed by atoms with van der Waals surface area (Å²) < 4.78 is 0. The third-order valence-electron chi connectivity index (χ3n) is 5.45. The quantitative estimate of drug-likeness (QED) is 0.837. The minimum Gasteiger partial charge on any atom is -0.323 e. The molecule has 20 heavy (non-hydrogen) atoms. The number of hydrogen-bond acceptors (Lipinski definition) is 2. The molecule has 3 heteroatoms. The van der Waals surface area contributed by atoms with Crippen LogP contribution in [0, 0.1) is 17.8 Å². The third-order valence-corrected chi connectivity index (χ3v) is 5.45. The summed E-state index contributed by atoms with van der Waals surface area (Å²) in [6, 6.07) is 0.506. The maximum Gasteiger partial charge on any atom is 0.241 e. The van der Waals surface area contributed by atoms with Crippen LogP contribution in [0.4, 0.5) is 0 Å². The monoisotopic (exact) mass is 280 g/mol. The zero-order valence-corrected chi connectivity index (χ0v) is 13.9. The molecule has 116 valence electrons. The van der Waals surface area contributed by atoms with Crippen LogP contribution in [0.1, 0.15) is 66.7 Å². The zero-order valence-electron chi connectivity index (χ0n) is 13.9. The lowest BCUT2D eigenvalue weighted by Gasteiger charge is -2.34. The van der Waals surface area contributed by atoms with E-state index in [2.05, 4.69) is 44.8 Å². The molecule has 3 nitrogen and oxygen atoms in total. The molecule has 0 aromatic rings. The second kappa shape index (κ2) is 6.46. The van der Waals surface area contributed by atoms with E-state index in [9.17, 15) is 4.79 Å². The van der Waals surface area contributed by atoms with Gasteiger partial charge in [-0.05, 0) is 43.4 Å². The summed E-state index contributed by atoms with van der Waals surface area (Å²) in [5.41, 5.74) is 0. The second-order valence-electron chi connectivity index (χ2n) is 7.19. The number of carbonyl (C=O) groups is 1. The fraction of sp³-hybridized carbons (Fsp3) is 0.941. The van der Waals surface area contributed by atoms with Gasteiger partial charge in [-0.15, -0.1) is 0 Å². The van der Waals surface area contributed by atoms with E-state index in [-0.39, 0.29) is 12.2 Å². The lowest BCUT2D eigenvalue weighted by atomic mass is 9.92. The van der Waals surface area contributed by atoms with Crippen LogP contribution in [0.25, 0.3) is 0 Å². The van der Waals surface area contributed by atoms with E-state index >= 15 is 0 Å². The van der Waals surface area contributed by atoms with Crippen molar-refractivity contribution in [2.24, 2.45) is 17.8 Å². The molecule has 0 bridgehead atoms. The van der Waals surface area contributed by atoms with Gasteiger partial charge in [0.2, 0.25) is 5.91 Å². The maximum absolute atomic E-state index is 12.7. The Bertz CT molecular complexity index is 342. The number of nitrogens with zero attached hydrogens (tertiary/aromatic N) is 1. The van der Waals surface area contributed by atoms with Gasteiger partial charge in [0.1, 0.15) is 0 Å². The van der Waals surface area contributed by atoms with Gasteiger partial charge in [0, 0.05) is 6.04 Å². The Morgan fingerprint density at radius 1 is 1.25 bits per heavy atom. The molecule has 1 saturated carbocycles. The molecule has 0 spiro atoms. The predicted molar refractivity (Wildman–Crippen MR) is 83.3 cm³/mol. The lowest BCUT2D eigenvalue weighted by molar-refractivity contribution is -0.133. The molecule has 1 saturated heterocycles. The van der Waals surface area contributed by atoms with E-state index in [0.29, 0.717) is 23.8 Å². The van der Waals surface area contributed by atoms with Crippen molar-refractivity contribution in [2.75, 3.05) is 0 Å². The van der Waals surface area contributed by atoms with E-state index < -0.39 is 0 Å². The minimum atomic E-state index is 0.0478. The maximum atomic E-state index is 12.7. The van der Waals surface area contributed by atoms with Crippen molar-refractivity contribution >= 4 is 5.91 Å². The highest BCUT2D eigenvalue weighted by molar-refractivity contribution is 5.84. The Morgan fingerprint density at radius 3 is 2.45 bits per heavy atom. The fourth-order valence-corrected chi connectivity index (χ4v) is 4.23. The highest BCUT2D eigenvalue weighted by atomic mass is 16.2. The Labute approximate surface area is 124 Å². The molecule has 1 heterocycles. The Hall–Kier alpha value is -0.570. The van der Waals surface area contributed by atoms with Crippen LogP contribution in [0.2, 0.25) is 0 Å². The normalized spacial score (nSPS) is 38.2. The van der Waals surface area contributed by atoms with Crippen molar-refractivity contribution in [2.45, 2.75) is 85.0 Å². The highest BCUT2D eigenvalue weighted by Crippen LogP contribution is 2.39. The summed E-state index contributed by atoms with van der Waals surface area (Å²) in [7, 11) is 0. The molecular formula is C17H32N2O. The third kappa shape index (κ3) is 2.88. The molecule has 1 N–H and O–H groups in total. The molecule has 5 unspecified atom stereocenters. The molecule has 5 atom stereocenters. The van der Waals surface area contributed by atoms with Gasteiger partial charge in [0.25, 0.3) is 0 Å². The van der Waals surface area contributed by atoms with E-state index in [1.165, 1.54) is 19.3 Å². The fourth-order valence-electron chi connectivity index (χ4n) is 4.23. The molecule has 2 rings (SSSR count). The van der Waals surface area contributed by atoms with Gasteiger partial charge in [-0.25, -0.2) is 0 Å². The molecule has 0 aromatic heterocycles. The average Bonchev–Trinajstić information content (AvgIpc) is 2.89. The van der Waals surface area contributed by atoms with Gasteiger partial charge in [-0.1, -0.05) is 41.0 Å². The van der Waals surface area contributed by atoms with Gasteiger partial charge >= 0.3 is 0 Å². The lowest BCUT2D eigenvalue weighted by Crippen LogP contribution is -2.47. The van der Waals surface area contributed by atoms with Crippen LogP contribution < -0.4 is 5.32 Å². The number of rotatable bonds is 5. The SMILES string of the molecule is CCC1NC(CC(C)C)N(C2CCC(CC)C2C)C1=O. The van der Waals surface area contributed by atoms with Crippen molar-refractivity contribution in [3.63, 3.8) is 0 Å². The van der Waals surface area contributed by atoms with Gasteiger partial charge in [0.15, 0.2) is 0 Å². The first-order chi connectivity index (χ1) is 9.49. The highest BCUT2D eigenvalue weighted by Gasteiger charge is 2.46. The summed E-state index contributed by atoms with van der Waals surface area (Å²) in [5, 5.41) is 3.58. The van der Waals surface area contributed by atoms with Crippen molar-refractivity contribution in [3.05, 3.63) is 0 Å². The second-order valence-corrected chi connectivity index (χ2v) is 7.19. The van der Waals surface area contributed by atoms with Crippen LogP contribution >= 0.6 is 0 Å². The first-order valence-corrected chi connectivity index (χ1v) is 8.57. The topological polar surface area (TPSA) is 32.3 Å². The van der Waals surface area contributed by atoms with Crippen LogP contribution in [0.3, 0.4) is 0 Å². The van der Waals surface area contributed by atoms with Gasteiger partial charge in [-0.2, -0.15) is 0 Å². The molecule has 2 fully saturated rings. The Kier molecular flexibility index (Phi) is 5.11. The Balaban J connectivity index is 2.15. The average molecular weight is 280 g/mol. The molecule has 2 aliphatic rings. The van der Waals surface area contributed by atoms with Crippen molar-refractivity contribution in [3.8, 4) is 0 Å². The van der Waals surface area contributed by atoms with Gasteiger partial charge in [0.05, 0.1) is 12.2 Å². The zero-order chi connectivity index (χ0) is 14.9. The summed E-state index contributed by atoms with van der Waals surface area (Å²) >= 11 is 0. The standard InChI is InChI=1S/C17H32N2O/c1-6-13-8-9-15(12(13)5)19-16(10-11(3)4)18-14(7-2)17(19)20/h11-16,18H,6-10H2,1-5H3. The minimum absolute atomic E-state index is 0.0478. The molecule has 1 amide bonds. The number of carbonyl (C=O) groups excluding carboxylic acids is 1. The molecule has 1 aliphatic carbocycles. The Morgan fingerprint density at radius 2 is 1.95 bits per heavy atom. The predicted octanol–water partition coefficient (Wildman–Crippen LogP) is 3.39. The number of nitrogens with one attached hydrogen (secondary N) is 1. The summed E-state index contributed by atoms with van der Waals surface area (Å²) in [6.45, 7) is 11.2. The summed E-state index contributed by atoms with van der Waals surface area (Å²) in [5.74, 6) is 2.42. The van der Waals surface area contributed by atoms with E-state index in [0.717, 1.165) is 18.8 Å². The summed E-state index contributed by atoms with van der Waals surface area (Å²) in [6.07, 6.45) is 5.97. The smallest absolute Gasteiger partial charge is 0.241 e. The number of amides is 1. The van der Waals surface area contributed by atoms with Crippen LogP contribution in [0.15, 0.2) is 0 Å². The largest absolute Gasteiger partial charge is 0.323 e. The van der Waals surface area contributed by atoms with Crippen molar-refractivity contribution in [1.82, 2.24) is 10.2 Å². The molecular weight excluding hydrogens is 248 g/mol. The first-order valence-electron chi connectivity index (χ1n) is 8.57. The molecule has 0 radical (unpaired) electrons. The molecule has 1 aliphatic heterocycles. The van der Waals surface area contributed by atoms with Crippen LogP contribution in [-0.2, 0) is 4.79 Å². The van der Waals surface area contributed by atoms with Crippen molar-refractivity contribution in [1.29, 1.82) is 0 Å². The van der Waals surface area contributed by atoms with E-state index in [4.69, 9.17) is 0 Å². The van der Waals surface area contributed by atoms with Crippen LogP contribution in [0.5, 0.6) is 0 Å². The van der Waals surface area contributed by atoms with Crippen LogP contribution in [-0.4, -0.2) is 29.1 Å². The van der Waals surface area contributed by atoms with E-state index in [1.807, 2.05) is 0 Å². The van der Waals surface area contributed by atoms with E-state index in [1.54, 1.807) is 0 Å². The number of hydrogen-bond donors (Lipinski definition) is 1. The van der Waals surface area contributed by atoms with Crippen molar-refractivity contribution < 1.29 is 4.79 Å². The van der Waals surface area contributed by atoms with Gasteiger partial charge in [-0.3, -0.25) is 10.1 Å².